The van der Waals surface area contributed by atoms with E-state index in [2.05, 4.69) is 15.6 Å². The van der Waals surface area contributed by atoms with Gasteiger partial charge in [0.15, 0.2) is 10.7 Å². The number of aromatic nitrogens is 1. The van der Waals surface area contributed by atoms with Crippen LogP contribution in [0.3, 0.4) is 0 Å². The van der Waals surface area contributed by atoms with E-state index in [0.29, 0.717) is 33.3 Å². The Bertz CT molecular complexity index is 1290. The maximum Gasteiger partial charge on any atom is 0.231 e. The number of aromatic hydroxyl groups is 1. The van der Waals surface area contributed by atoms with Crippen LogP contribution in [0.5, 0.6) is 5.75 Å². The average molecular weight is 452 g/mol. The minimum absolute atomic E-state index is 0.0245. The number of thiocarbonyl (C=S) groups is 1. The fraction of sp³-hybridized carbons (Fsp3) is 0.0870. The van der Waals surface area contributed by atoms with Crippen molar-refractivity contribution in [2.45, 2.75) is 13.3 Å². The summed E-state index contributed by atoms with van der Waals surface area (Å²) in [6.07, 6.45) is 0.167. The number of carbonyl (C=O) groups is 1. The number of halogens is 1. The molecule has 0 aliphatic rings. The van der Waals surface area contributed by atoms with Gasteiger partial charge in [-0.2, -0.15) is 0 Å². The van der Waals surface area contributed by atoms with Gasteiger partial charge in [-0.15, -0.1) is 0 Å². The Kier molecular flexibility index (Phi) is 5.88. The summed E-state index contributed by atoms with van der Waals surface area (Å²) >= 11 is 11.0. The number of amides is 1. The van der Waals surface area contributed by atoms with E-state index in [1.165, 1.54) is 6.07 Å². The van der Waals surface area contributed by atoms with Crippen molar-refractivity contribution in [3.63, 3.8) is 0 Å². The summed E-state index contributed by atoms with van der Waals surface area (Å²) in [4.78, 5) is 16.6. The van der Waals surface area contributed by atoms with Crippen molar-refractivity contribution in [2.75, 3.05) is 5.32 Å². The molecule has 0 bridgehead atoms. The van der Waals surface area contributed by atoms with Gasteiger partial charge < -0.3 is 20.2 Å². The van der Waals surface area contributed by atoms with E-state index in [1.807, 2.05) is 25.1 Å². The van der Waals surface area contributed by atoms with Gasteiger partial charge in [0.05, 0.1) is 12.0 Å². The quantitative estimate of drug-likeness (QED) is 0.369. The first-order valence-corrected chi connectivity index (χ1v) is 10.2. The number of phenolic OH excluding ortho intramolecular Hbond substituents is 1. The Hall–Kier alpha value is -3.42. The molecule has 31 heavy (non-hydrogen) atoms. The molecule has 1 aromatic heterocycles. The third-order valence-electron chi connectivity index (χ3n) is 4.56. The molecule has 1 amide bonds. The highest BCUT2D eigenvalue weighted by atomic mass is 35.5. The van der Waals surface area contributed by atoms with Crippen LogP contribution < -0.4 is 10.6 Å². The van der Waals surface area contributed by atoms with Gasteiger partial charge >= 0.3 is 0 Å². The summed E-state index contributed by atoms with van der Waals surface area (Å²) in [5, 5.41) is 16.7. The topological polar surface area (TPSA) is 87.4 Å². The van der Waals surface area contributed by atoms with Crippen LogP contribution in [0.4, 0.5) is 5.69 Å². The van der Waals surface area contributed by atoms with Gasteiger partial charge in [0.1, 0.15) is 11.3 Å². The van der Waals surface area contributed by atoms with Crippen LogP contribution in [0.25, 0.3) is 22.6 Å². The van der Waals surface area contributed by atoms with E-state index < -0.39 is 0 Å². The predicted molar refractivity (Wildman–Crippen MR) is 125 cm³/mol. The zero-order valence-corrected chi connectivity index (χ0v) is 18.1. The molecule has 3 aromatic carbocycles. The standard InChI is InChI=1S/C23H18ClN3O3S/c1-13-2-9-18-20(10-13)30-22(26-18)17-8-7-16(12-19(17)28)25-23(31)27-21(29)11-14-3-5-15(24)6-4-14/h2-10,12,28H,11H2,1H3,(H2,25,27,29,31). The molecule has 4 rings (SSSR count). The zero-order valence-electron chi connectivity index (χ0n) is 16.5. The molecule has 4 aromatic rings. The van der Waals surface area contributed by atoms with Crippen molar-refractivity contribution in [1.82, 2.24) is 10.3 Å². The zero-order chi connectivity index (χ0) is 22.0. The molecule has 0 aliphatic carbocycles. The smallest absolute Gasteiger partial charge is 0.231 e. The number of aryl methyl sites for hydroxylation is 1. The molecule has 0 saturated heterocycles. The third-order valence-corrected chi connectivity index (χ3v) is 5.02. The first-order valence-electron chi connectivity index (χ1n) is 9.43. The summed E-state index contributed by atoms with van der Waals surface area (Å²) < 4.78 is 5.77. The number of fused-ring (bicyclic) bond motifs is 1. The SMILES string of the molecule is Cc1ccc2nc(-c3ccc(NC(=S)NC(=O)Cc4ccc(Cl)cc4)cc3O)oc2c1. The summed E-state index contributed by atoms with van der Waals surface area (Å²) in [6.45, 7) is 1.97. The molecule has 0 spiro atoms. The molecule has 8 heteroatoms. The molecule has 3 N–H and O–H groups in total. The van der Waals surface area contributed by atoms with Crippen molar-refractivity contribution in [3.8, 4) is 17.2 Å². The van der Waals surface area contributed by atoms with Gasteiger partial charge in [0.25, 0.3) is 0 Å². The molecular weight excluding hydrogens is 434 g/mol. The maximum atomic E-state index is 12.2. The number of oxazole rings is 1. The highest BCUT2D eigenvalue weighted by molar-refractivity contribution is 7.80. The third kappa shape index (κ3) is 5.02. The van der Waals surface area contributed by atoms with Crippen LogP contribution in [0.1, 0.15) is 11.1 Å². The summed E-state index contributed by atoms with van der Waals surface area (Å²) in [5.41, 5.74) is 4.22. The molecule has 0 saturated carbocycles. The van der Waals surface area contributed by atoms with Gasteiger partial charge in [0, 0.05) is 16.8 Å². The molecule has 0 radical (unpaired) electrons. The fourth-order valence-corrected chi connectivity index (χ4v) is 3.42. The number of benzene rings is 3. The Morgan fingerprint density at radius 1 is 1.13 bits per heavy atom. The van der Waals surface area contributed by atoms with Crippen LogP contribution >= 0.6 is 23.8 Å². The lowest BCUT2D eigenvalue weighted by molar-refractivity contribution is -0.119. The maximum absolute atomic E-state index is 12.2. The van der Waals surface area contributed by atoms with E-state index in [-0.39, 0.29) is 23.2 Å². The lowest BCUT2D eigenvalue weighted by Gasteiger charge is -2.11. The van der Waals surface area contributed by atoms with Crippen molar-refractivity contribution < 1.29 is 14.3 Å². The van der Waals surface area contributed by atoms with E-state index in [9.17, 15) is 9.90 Å². The largest absolute Gasteiger partial charge is 0.507 e. The number of hydrogen-bond acceptors (Lipinski definition) is 5. The molecule has 1 heterocycles. The molecule has 0 fully saturated rings. The van der Waals surface area contributed by atoms with Crippen LogP contribution in [-0.4, -0.2) is 21.1 Å². The first kappa shape index (κ1) is 20.8. The number of carbonyl (C=O) groups excluding carboxylic acids is 1. The Morgan fingerprint density at radius 2 is 1.90 bits per heavy atom. The van der Waals surface area contributed by atoms with Crippen molar-refractivity contribution in [1.29, 1.82) is 0 Å². The van der Waals surface area contributed by atoms with Crippen molar-refractivity contribution in [2.24, 2.45) is 0 Å². The molecule has 6 nitrogen and oxygen atoms in total. The van der Waals surface area contributed by atoms with Crippen molar-refractivity contribution >= 4 is 51.6 Å². The van der Waals surface area contributed by atoms with Gasteiger partial charge in [0.2, 0.25) is 11.8 Å². The number of anilines is 1. The number of rotatable bonds is 4. The number of phenols is 1. The Labute approximate surface area is 188 Å². The molecule has 0 unspecified atom stereocenters. The van der Waals surface area contributed by atoms with Crippen LogP contribution in [0.15, 0.2) is 65.1 Å². The van der Waals surface area contributed by atoms with Gasteiger partial charge in [-0.3, -0.25) is 4.79 Å². The minimum Gasteiger partial charge on any atom is -0.507 e. The second-order valence-corrected chi connectivity index (χ2v) is 7.87. The molecule has 156 valence electrons. The highest BCUT2D eigenvalue weighted by Crippen LogP contribution is 2.33. The highest BCUT2D eigenvalue weighted by Gasteiger charge is 2.14. The van der Waals surface area contributed by atoms with Gasteiger partial charge in [-0.25, -0.2) is 4.98 Å². The molecular formula is C23H18ClN3O3S. The lowest BCUT2D eigenvalue weighted by Crippen LogP contribution is -2.35. The van der Waals surface area contributed by atoms with E-state index in [4.69, 9.17) is 28.2 Å². The summed E-state index contributed by atoms with van der Waals surface area (Å²) in [7, 11) is 0. The number of nitrogens with zero attached hydrogens (tertiary/aromatic N) is 1. The van der Waals surface area contributed by atoms with Crippen LogP contribution in [0.2, 0.25) is 5.02 Å². The van der Waals surface area contributed by atoms with Gasteiger partial charge in [-0.05, 0) is 66.7 Å². The first-order chi connectivity index (χ1) is 14.9. The summed E-state index contributed by atoms with van der Waals surface area (Å²) in [5.74, 6) is 0.0366. The average Bonchev–Trinajstić information content (AvgIpc) is 3.12. The van der Waals surface area contributed by atoms with E-state index in [0.717, 1.165) is 11.1 Å². The number of nitrogens with one attached hydrogen (secondary N) is 2. The second-order valence-electron chi connectivity index (χ2n) is 7.03. The van der Waals surface area contributed by atoms with Crippen molar-refractivity contribution in [3.05, 3.63) is 76.8 Å². The Balaban J connectivity index is 1.42. The minimum atomic E-state index is -0.262. The molecule has 0 aliphatic heterocycles. The summed E-state index contributed by atoms with van der Waals surface area (Å²) in [6, 6.07) is 17.6. The fourth-order valence-electron chi connectivity index (χ4n) is 3.06. The Morgan fingerprint density at radius 3 is 2.65 bits per heavy atom. The van der Waals surface area contributed by atoms with Gasteiger partial charge in [-0.1, -0.05) is 29.8 Å². The van der Waals surface area contributed by atoms with Crippen LogP contribution in [-0.2, 0) is 11.2 Å². The second kappa shape index (κ2) is 8.75. The molecule has 0 atom stereocenters. The monoisotopic (exact) mass is 451 g/mol. The predicted octanol–water partition coefficient (Wildman–Crippen LogP) is 5.22. The number of hydrogen-bond donors (Lipinski definition) is 3. The van der Waals surface area contributed by atoms with Crippen LogP contribution in [0, 0.1) is 6.92 Å². The normalized spacial score (nSPS) is 10.8. The van der Waals surface area contributed by atoms with E-state index >= 15 is 0 Å². The van der Waals surface area contributed by atoms with E-state index in [1.54, 1.807) is 36.4 Å². The lowest BCUT2D eigenvalue weighted by atomic mass is 10.1.